The van der Waals surface area contributed by atoms with Gasteiger partial charge in [-0.25, -0.2) is 9.97 Å². The zero-order valence-electron chi connectivity index (χ0n) is 16.6. The van der Waals surface area contributed by atoms with Gasteiger partial charge >= 0.3 is 0 Å². The maximum Gasteiger partial charge on any atom is 0.228 e. The Morgan fingerprint density at radius 1 is 1.29 bits per heavy atom. The Kier molecular flexibility index (Phi) is 5.03. The number of hydrogen-bond acceptors (Lipinski definition) is 5. The third-order valence-electron chi connectivity index (χ3n) is 6.17. The SMILES string of the molecule is CCN1C[C@H](C(=O)N2CCc3nc([C@H]4CCCN4C(C)=O)ncc3C2)CC1=O. The van der Waals surface area contributed by atoms with E-state index in [1.54, 1.807) is 11.8 Å². The molecule has 0 saturated carbocycles. The number of hydrogen-bond donors (Lipinski definition) is 0. The summed E-state index contributed by atoms with van der Waals surface area (Å²) in [5, 5.41) is 0. The van der Waals surface area contributed by atoms with Crippen molar-refractivity contribution in [1.29, 1.82) is 0 Å². The molecule has 8 heteroatoms. The van der Waals surface area contributed by atoms with Crippen LogP contribution in [0.5, 0.6) is 0 Å². The lowest BCUT2D eigenvalue weighted by atomic mass is 10.0. The highest BCUT2D eigenvalue weighted by molar-refractivity contribution is 5.89. The lowest BCUT2D eigenvalue weighted by molar-refractivity contribution is -0.136. The number of fused-ring (bicyclic) bond motifs is 1. The fourth-order valence-electron chi connectivity index (χ4n) is 4.59. The predicted octanol–water partition coefficient (Wildman–Crippen LogP) is 0.913. The molecule has 4 heterocycles. The highest BCUT2D eigenvalue weighted by Gasteiger charge is 2.37. The first-order valence-corrected chi connectivity index (χ1v) is 10.2. The zero-order valence-corrected chi connectivity index (χ0v) is 16.6. The molecule has 0 radical (unpaired) electrons. The fourth-order valence-corrected chi connectivity index (χ4v) is 4.59. The second-order valence-electron chi connectivity index (χ2n) is 7.91. The summed E-state index contributed by atoms with van der Waals surface area (Å²) in [5.74, 6) is 0.659. The molecule has 2 fully saturated rings. The van der Waals surface area contributed by atoms with Gasteiger partial charge in [-0.1, -0.05) is 0 Å². The summed E-state index contributed by atoms with van der Waals surface area (Å²) < 4.78 is 0. The van der Waals surface area contributed by atoms with Crippen molar-refractivity contribution in [2.24, 2.45) is 5.92 Å². The molecule has 2 saturated heterocycles. The maximum atomic E-state index is 12.9. The maximum absolute atomic E-state index is 12.9. The molecule has 150 valence electrons. The van der Waals surface area contributed by atoms with E-state index in [2.05, 4.69) is 4.98 Å². The van der Waals surface area contributed by atoms with Gasteiger partial charge in [-0.15, -0.1) is 0 Å². The van der Waals surface area contributed by atoms with Crippen LogP contribution < -0.4 is 0 Å². The van der Waals surface area contributed by atoms with E-state index in [0.29, 0.717) is 44.8 Å². The first-order valence-electron chi connectivity index (χ1n) is 10.2. The highest BCUT2D eigenvalue weighted by Crippen LogP contribution is 2.31. The van der Waals surface area contributed by atoms with E-state index in [4.69, 9.17) is 4.98 Å². The van der Waals surface area contributed by atoms with Gasteiger partial charge in [0.1, 0.15) is 0 Å². The summed E-state index contributed by atoms with van der Waals surface area (Å²) in [6, 6.07) is -0.0352. The van der Waals surface area contributed by atoms with Gasteiger partial charge in [-0.05, 0) is 19.8 Å². The second-order valence-corrected chi connectivity index (χ2v) is 7.91. The number of carbonyl (C=O) groups is 3. The summed E-state index contributed by atoms with van der Waals surface area (Å²) in [6.45, 7) is 6.57. The smallest absolute Gasteiger partial charge is 0.228 e. The van der Waals surface area contributed by atoms with Crippen molar-refractivity contribution in [2.75, 3.05) is 26.2 Å². The fraction of sp³-hybridized carbons (Fsp3) is 0.650. The van der Waals surface area contributed by atoms with Crippen molar-refractivity contribution in [3.63, 3.8) is 0 Å². The molecule has 0 aromatic carbocycles. The highest BCUT2D eigenvalue weighted by atomic mass is 16.2. The van der Waals surface area contributed by atoms with Crippen molar-refractivity contribution >= 4 is 17.7 Å². The van der Waals surface area contributed by atoms with Crippen LogP contribution in [0.3, 0.4) is 0 Å². The minimum absolute atomic E-state index is 0.0352. The topological polar surface area (TPSA) is 86.7 Å². The van der Waals surface area contributed by atoms with Gasteiger partial charge in [0.15, 0.2) is 5.82 Å². The molecular weight excluding hydrogens is 358 g/mol. The molecule has 2 atom stereocenters. The van der Waals surface area contributed by atoms with Gasteiger partial charge in [0.25, 0.3) is 0 Å². The third kappa shape index (κ3) is 3.36. The third-order valence-corrected chi connectivity index (χ3v) is 6.17. The van der Waals surface area contributed by atoms with Crippen molar-refractivity contribution in [1.82, 2.24) is 24.7 Å². The molecule has 28 heavy (non-hydrogen) atoms. The normalized spacial score (nSPS) is 24.6. The van der Waals surface area contributed by atoms with Crippen LogP contribution in [0.15, 0.2) is 6.20 Å². The number of aromatic nitrogens is 2. The van der Waals surface area contributed by atoms with Crippen molar-refractivity contribution in [3.05, 3.63) is 23.3 Å². The van der Waals surface area contributed by atoms with Crippen LogP contribution in [-0.2, 0) is 27.3 Å². The van der Waals surface area contributed by atoms with Gasteiger partial charge in [0, 0.05) is 64.2 Å². The largest absolute Gasteiger partial charge is 0.342 e. The number of rotatable bonds is 3. The summed E-state index contributed by atoms with van der Waals surface area (Å²) in [6.07, 6.45) is 4.68. The first-order chi connectivity index (χ1) is 13.5. The van der Waals surface area contributed by atoms with Gasteiger partial charge in [-0.2, -0.15) is 0 Å². The average molecular weight is 385 g/mol. The Labute approximate surface area is 164 Å². The van der Waals surface area contributed by atoms with Gasteiger partial charge in [0.2, 0.25) is 17.7 Å². The summed E-state index contributed by atoms with van der Waals surface area (Å²) >= 11 is 0. The van der Waals surface area contributed by atoms with Crippen LogP contribution in [0.1, 0.15) is 56.2 Å². The van der Waals surface area contributed by atoms with Crippen LogP contribution >= 0.6 is 0 Å². The van der Waals surface area contributed by atoms with Crippen LogP contribution in [-0.4, -0.2) is 68.6 Å². The van der Waals surface area contributed by atoms with E-state index in [1.807, 2.05) is 22.9 Å². The number of carbonyl (C=O) groups excluding carboxylic acids is 3. The van der Waals surface area contributed by atoms with E-state index in [0.717, 1.165) is 30.6 Å². The number of nitrogens with zero attached hydrogens (tertiary/aromatic N) is 5. The second kappa shape index (κ2) is 7.48. The Morgan fingerprint density at radius 2 is 2.11 bits per heavy atom. The lowest BCUT2D eigenvalue weighted by Crippen LogP contribution is -2.41. The Balaban J connectivity index is 1.46. The quantitative estimate of drug-likeness (QED) is 0.772. The summed E-state index contributed by atoms with van der Waals surface area (Å²) in [5.41, 5.74) is 1.94. The molecule has 0 N–H and O–H groups in total. The molecule has 1 aromatic rings. The molecule has 3 aliphatic heterocycles. The Hall–Kier alpha value is -2.51. The molecule has 4 rings (SSSR count). The number of likely N-dealkylation sites (tertiary alicyclic amines) is 2. The lowest BCUT2D eigenvalue weighted by Gasteiger charge is -2.31. The van der Waals surface area contributed by atoms with Crippen LogP contribution in [0.4, 0.5) is 0 Å². The van der Waals surface area contributed by atoms with Gasteiger partial charge < -0.3 is 14.7 Å². The molecule has 0 aliphatic carbocycles. The van der Waals surface area contributed by atoms with Crippen molar-refractivity contribution < 1.29 is 14.4 Å². The van der Waals surface area contributed by atoms with Crippen LogP contribution in [0, 0.1) is 5.92 Å². The van der Waals surface area contributed by atoms with Gasteiger partial charge in [-0.3, -0.25) is 14.4 Å². The predicted molar refractivity (Wildman–Crippen MR) is 101 cm³/mol. The minimum Gasteiger partial charge on any atom is -0.342 e. The van der Waals surface area contributed by atoms with E-state index < -0.39 is 0 Å². The Morgan fingerprint density at radius 3 is 2.82 bits per heavy atom. The molecule has 0 unspecified atom stereocenters. The average Bonchev–Trinajstić information content (AvgIpc) is 3.33. The molecular formula is C20H27N5O3. The molecule has 0 spiro atoms. The minimum atomic E-state index is -0.239. The molecule has 3 amide bonds. The molecule has 3 aliphatic rings. The number of amides is 3. The van der Waals surface area contributed by atoms with E-state index >= 15 is 0 Å². The molecule has 0 bridgehead atoms. The summed E-state index contributed by atoms with van der Waals surface area (Å²) in [4.78, 5) is 51.4. The zero-order chi connectivity index (χ0) is 19.8. The molecule has 1 aromatic heterocycles. The van der Waals surface area contributed by atoms with Crippen LogP contribution in [0.2, 0.25) is 0 Å². The standard InChI is InChI=1S/C20H27N5O3/c1-3-23-11-14(9-18(23)27)20(28)24-8-6-16-15(12-24)10-21-19(22-16)17-5-4-7-25(17)13(2)26/h10,14,17H,3-9,11-12H2,1-2H3/t14-,17-/m1/s1. The van der Waals surface area contributed by atoms with E-state index in [9.17, 15) is 14.4 Å². The summed E-state index contributed by atoms with van der Waals surface area (Å²) in [7, 11) is 0. The van der Waals surface area contributed by atoms with Crippen molar-refractivity contribution in [3.8, 4) is 0 Å². The first kappa shape index (κ1) is 18.8. The van der Waals surface area contributed by atoms with Crippen LogP contribution in [0.25, 0.3) is 0 Å². The Bertz CT molecular complexity index is 811. The van der Waals surface area contributed by atoms with E-state index in [1.165, 1.54) is 0 Å². The van der Waals surface area contributed by atoms with E-state index in [-0.39, 0.29) is 29.7 Å². The van der Waals surface area contributed by atoms with Crippen molar-refractivity contribution in [2.45, 2.75) is 52.1 Å². The molecule has 8 nitrogen and oxygen atoms in total. The monoisotopic (exact) mass is 385 g/mol. The van der Waals surface area contributed by atoms with Gasteiger partial charge in [0.05, 0.1) is 17.7 Å².